The molecular weight excluding hydrogens is 506 g/mol. The van der Waals surface area contributed by atoms with Crippen LogP contribution in [-0.4, -0.2) is 66.3 Å². The fourth-order valence-corrected chi connectivity index (χ4v) is 5.23. The second kappa shape index (κ2) is 13.3. The highest BCUT2D eigenvalue weighted by molar-refractivity contribution is 5.95. The summed E-state index contributed by atoms with van der Waals surface area (Å²) in [5.74, 6) is -0.882. The van der Waals surface area contributed by atoms with E-state index >= 15 is 0 Å². The lowest BCUT2D eigenvalue weighted by Gasteiger charge is -2.31. The maximum absolute atomic E-state index is 13.1. The first-order valence-corrected chi connectivity index (χ1v) is 12.8. The van der Waals surface area contributed by atoms with Crippen LogP contribution in [0.5, 0.6) is 0 Å². The Hall–Kier alpha value is -3.59. The third-order valence-corrected chi connectivity index (χ3v) is 7.28. The highest BCUT2D eigenvalue weighted by Crippen LogP contribution is 2.28. The van der Waals surface area contributed by atoms with Gasteiger partial charge in [-0.3, -0.25) is 15.0 Å². The number of nitrogens with one attached hydrogen (secondary N) is 2. The lowest BCUT2D eigenvalue weighted by Crippen LogP contribution is -2.48. The molecule has 2 aliphatic heterocycles. The van der Waals surface area contributed by atoms with E-state index in [0.29, 0.717) is 38.2 Å². The van der Waals surface area contributed by atoms with Gasteiger partial charge in [-0.25, -0.2) is 4.79 Å². The summed E-state index contributed by atoms with van der Waals surface area (Å²) in [4.78, 5) is 41.6. The van der Waals surface area contributed by atoms with E-state index in [2.05, 4.69) is 17.4 Å². The number of halogens is 1. The average Bonchev–Trinajstić information content (AvgIpc) is 3.20. The summed E-state index contributed by atoms with van der Waals surface area (Å²) < 4.78 is 4.79. The molecule has 2 heterocycles. The molecule has 4 N–H and O–H groups in total. The van der Waals surface area contributed by atoms with Crippen LogP contribution in [0.2, 0.25) is 0 Å². The van der Waals surface area contributed by atoms with Crippen molar-refractivity contribution in [2.24, 2.45) is 11.7 Å². The normalized spacial score (nSPS) is 18.4. The standard InChI is InChI=1S/C28H35N5O4.ClH/c1-37-25(34)16-22-15-24(33(27(22)35)12-5-8-19-6-3-2-4-7-19)17-31-28(36)32-13-11-20-9-10-21(26(29)30)14-23(20)18-32;/h2-4,6-7,9-10,14,22,24H,5,8,11-13,15-18H2,1H3,(H3,29,30)(H,31,36);1H. The first kappa shape index (κ1) is 29.0. The van der Waals surface area contributed by atoms with E-state index in [1.807, 2.05) is 41.3 Å². The lowest BCUT2D eigenvalue weighted by molar-refractivity contribution is -0.144. The number of likely N-dealkylation sites (tertiary alicyclic amines) is 1. The number of carbonyl (C=O) groups is 3. The van der Waals surface area contributed by atoms with Crippen molar-refractivity contribution >= 4 is 36.2 Å². The maximum Gasteiger partial charge on any atom is 0.317 e. The Morgan fingerprint density at radius 3 is 2.63 bits per heavy atom. The molecule has 0 saturated carbocycles. The number of methoxy groups -OCH3 is 1. The zero-order chi connectivity index (χ0) is 26.4. The van der Waals surface area contributed by atoms with E-state index in [-0.39, 0.29) is 42.6 Å². The molecule has 3 amide bonds. The van der Waals surface area contributed by atoms with Crippen molar-refractivity contribution in [3.63, 3.8) is 0 Å². The molecule has 2 aromatic carbocycles. The molecule has 2 atom stereocenters. The fraction of sp³-hybridized carbons (Fsp3) is 0.429. The first-order chi connectivity index (χ1) is 17.9. The van der Waals surface area contributed by atoms with Crippen LogP contribution in [0.4, 0.5) is 4.79 Å². The summed E-state index contributed by atoms with van der Waals surface area (Å²) in [6.45, 7) is 1.92. The molecule has 2 aliphatic rings. The fourth-order valence-electron chi connectivity index (χ4n) is 5.23. The molecule has 1 fully saturated rings. The number of nitrogens with zero attached hydrogens (tertiary/aromatic N) is 2. The molecule has 10 heteroatoms. The predicted molar refractivity (Wildman–Crippen MR) is 147 cm³/mol. The number of ether oxygens (including phenoxy) is 1. The van der Waals surface area contributed by atoms with E-state index in [1.165, 1.54) is 12.7 Å². The van der Waals surface area contributed by atoms with Gasteiger partial charge in [0.15, 0.2) is 0 Å². The number of hydrogen-bond acceptors (Lipinski definition) is 5. The number of hydrogen-bond donors (Lipinski definition) is 3. The minimum atomic E-state index is -0.432. The summed E-state index contributed by atoms with van der Waals surface area (Å²) >= 11 is 0. The van der Waals surface area contributed by atoms with Gasteiger partial charge in [0.05, 0.1) is 19.4 Å². The van der Waals surface area contributed by atoms with E-state index in [0.717, 1.165) is 30.4 Å². The van der Waals surface area contributed by atoms with E-state index in [4.69, 9.17) is 15.9 Å². The topological polar surface area (TPSA) is 129 Å². The van der Waals surface area contributed by atoms with Gasteiger partial charge in [0.2, 0.25) is 5.91 Å². The van der Waals surface area contributed by atoms with Crippen LogP contribution in [0.15, 0.2) is 48.5 Å². The zero-order valence-electron chi connectivity index (χ0n) is 21.7. The number of carbonyl (C=O) groups excluding carboxylic acids is 3. The summed E-state index contributed by atoms with van der Waals surface area (Å²) in [5, 5.41) is 10.7. The Morgan fingerprint density at radius 2 is 1.92 bits per heavy atom. The van der Waals surface area contributed by atoms with Gasteiger partial charge in [0, 0.05) is 37.8 Å². The molecule has 0 radical (unpaired) electrons. The minimum Gasteiger partial charge on any atom is -0.469 e. The Morgan fingerprint density at radius 1 is 1.16 bits per heavy atom. The molecule has 204 valence electrons. The first-order valence-electron chi connectivity index (χ1n) is 12.8. The molecule has 2 aromatic rings. The van der Waals surface area contributed by atoms with Crippen LogP contribution in [-0.2, 0) is 33.7 Å². The number of nitrogen functional groups attached to an aromatic ring is 1. The molecule has 9 nitrogen and oxygen atoms in total. The summed E-state index contributed by atoms with van der Waals surface area (Å²) in [6, 6.07) is 15.4. The molecular formula is C28H36ClN5O4. The van der Waals surface area contributed by atoms with Crippen molar-refractivity contribution in [2.75, 3.05) is 26.7 Å². The Balaban J connectivity index is 0.00000400. The lowest BCUT2D eigenvalue weighted by atomic mass is 9.97. The molecule has 38 heavy (non-hydrogen) atoms. The number of rotatable bonds is 9. The number of urea groups is 1. The Bertz CT molecular complexity index is 1160. The number of amides is 3. The third-order valence-electron chi connectivity index (χ3n) is 7.28. The summed E-state index contributed by atoms with van der Waals surface area (Å²) in [6.07, 6.45) is 2.93. The van der Waals surface area contributed by atoms with E-state index < -0.39 is 11.9 Å². The van der Waals surface area contributed by atoms with Gasteiger partial charge >= 0.3 is 12.0 Å². The monoisotopic (exact) mass is 541 g/mol. The molecule has 0 aliphatic carbocycles. The third kappa shape index (κ3) is 7.04. The highest BCUT2D eigenvalue weighted by atomic mass is 35.5. The van der Waals surface area contributed by atoms with Gasteiger partial charge in [-0.1, -0.05) is 42.5 Å². The van der Waals surface area contributed by atoms with Crippen molar-refractivity contribution in [1.29, 1.82) is 5.41 Å². The van der Waals surface area contributed by atoms with Crippen LogP contribution >= 0.6 is 12.4 Å². The van der Waals surface area contributed by atoms with Gasteiger partial charge in [0.25, 0.3) is 0 Å². The number of esters is 1. The van der Waals surface area contributed by atoms with Gasteiger partial charge in [0.1, 0.15) is 5.84 Å². The van der Waals surface area contributed by atoms with Crippen LogP contribution in [0.1, 0.15) is 41.5 Å². The largest absolute Gasteiger partial charge is 0.469 e. The van der Waals surface area contributed by atoms with Crippen LogP contribution < -0.4 is 11.1 Å². The smallest absolute Gasteiger partial charge is 0.317 e. The number of fused-ring (bicyclic) bond motifs is 1. The molecule has 2 unspecified atom stereocenters. The molecule has 0 spiro atoms. The SMILES string of the molecule is COC(=O)CC1CC(CNC(=O)N2CCc3ccc(C(=N)N)cc3C2)N(CCCc2ccccc2)C1=O.Cl. The van der Waals surface area contributed by atoms with Crippen molar-refractivity contribution in [3.05, 3.63) is 70.8 Å². The summed E-state index contributed by atoms with van der Waals surface area (Å²) in [7, 11) is 1.33. The van der Waals surface area contributed by atoms with Gasteiger partial charge in [-0.2, -0.15) is 0 Å². The quantitative estimate of drug-likeness (QED) is 0.255. The number of benzene rings is 2. The van der Waals surface area contributed by atoms with Crippen LogP contribution in [0, 0.1) is 11.3 Å². The van der Waals surface area contributed by atoms with Crippen LogP contribution in [0.3, 0.4) is 0 Å². The van der Waals surface area contributed by atoms with Crippen molar-refractivity contribution in [3.8, 4) is 0 Å². The highest BCUT2D eigenvalue weighted by Gasteiger charge is 2.40. The van der Waals surface area contributed by atoms with Crippen molar-refractivity contribution in [2.45, 2.75) is 44.7 Å². The Kier molecular flexibility index (Phi) is 10.1. The van der Waals surface area contributed by atoms with Gasteiger partial charge in [-0.05, 0) is 48.4 Å². The zero-order valence-corrected chi connectivity index (χ0v) is 22.5. The molecule has 0 bridgehead atoms. The minimum absolute atomic E-state index is 0. The van der Waals surface area contributed by atoms with Crippen LogP contribution in [0.25, 0.3) is 0 Å². The molecule has 1 saturated heterocycles. The van der Waals surface area contributed by atoms with E-state index in [1.54, 1.807) is 4.90 Å². The number of amidine groups is 1. The predicted octanol–water partition coefficient (Wildman–Crippen LogP) is 2.87. The van der Waals surface area contributed by atoms with E-state index in [9.17, 15) is 14.4 Å². The number of nitrogens with two attached hydrogens (primary N) is 1. The van der Waals surface area contributed by atoms with Gasteiger partial charge < -0.3 is 25.6 Å². The Labute approximate surface area is 229 Å². The number of aryl methyl sites for hydroxylation is 1. The maximum atomic E-state index is 13.1. The molecule has 0 aromatic heterocycles. The summed E-state index contributed by atoms with van der Waals surface area (Å²) in [5.41, 5.74) is 9.64. The molecule has 4 rings (SSSR count). The average molecular weight is 542 g/mol. The second-order valence-corrected chi connectivity index (χ2v) is 9.74. The van der Waals surface area contributed by atoms with Gasteiger partial charge in [-0.15, -0.1) is 12.4 Å². The van der Waals surface area contributed by atoms with Crippen molar-refractivity contribution in [1.82, 2.24) is 15.1 Å². The second-order valence-electron chi connectivity index (χ2n) is 9.74. The van der Waals surface area contributed by atoms with Crippen molar-refractivity contribution < 1.29 is 19.1 Å².